The highest BCUT2D eigenvalue weighted by molar-refractivity contribution is 5.76. The van der Waals surface area contributed by atoms with Gasteiger partial charge in [0, 0.05) is 11.1 Å². The molecule has 0 aromatic carbocycles. The number of piperidine rings is 1. The van der Waals surface area contributed by atoms with Crippen LogP contribution in [-0.2, 0) is 9.68 Å². The van der Waals surface area contributed by atoms with Gasteiger partial charge in [-0.05, 0) is 59.3 Å². The molecule has 1 aliphatic heterocycles. The summed E-state index contributed by atoms with van der Waals surface area (Å²) in [6.45, 7) is 12.9. The molecule has 4 heteroatoms. The summed E-state index contributed by atoms with van der Waals surface area (Å²) >= 11 is 0. The first-order valence-electron chi connectivity index (χ1n) is 8.27. The van der Waals surface area contributed by atoms with E-state index >= 15 is 0 Å². The molecule has 1 rings (SSSR count). The van der Waals surface area contributed by atoms with Gasteiger partial charge in [-0.3, -0.25) is 0 Å². The number of nitrogens with one attached hydrogen (secondary N) is 1. The number of hydrogen-bond donors (Lipinski definition) is 2. The predicted octanol–water partition coefficient (Wildman–Crippen LogP) is 4.15. The molecule has 1 heterocycles. The van der Waals surface area contributed by atoms with E-state index in [1.807, 2.05) is 6.92 Å². The molecule has 1 atom stereocenters. The molecule has 0 bridgehead atoms. The first-order valence-corrected chi connectivity index (χ1v) is 8.27. The van der Waals surface area contributed by atoms with Gasteiger partial charge in [-0.15, -0.1) is 0 Å². The smallest absolute Gasteiger partial charge is 0.307 e. The minimum Gasteiger partial charge on any atom is -0.307 e. The Morgan fingerprint density at radius 2 is 1.76 bits per heavy atom. The Bertz CT molecular complexity index is 349. The maximum atomic E-state index is 12.4. The van der Waals surface area contributed by atoms with E-state index in [1.165, 1.54) is 0 Å². The van der Waals surface area contributed by atoms with Gasteiger partial charge in [0.05, 0.1) is 5.41 Å². The van der Waals surface area contributed by atoms with E-state index in [-0.39, 0.29) is 17.0 Å². The zero-order valence-corrected chi connectivity index (χ0v) is 14.6. The quantitative estimate of drug-likeness (QED) is 0.571. The molecule has 2 N–H and O–H groups in total. The second-order valence-corrected chi connectivity index (χ2v) is 7.99. The van der Waals surface area contributed by atoms with Crippen molar-refractivity contribution in [1.82, 2.24) is 5.32 Å². The normalized spacial score (nSPS) is 24.3. The van der Waals surface area contributed by atoms with E-state index in [4.69, 9.17) is 5.26 Å². The van der Waals surface area contributed by atoms with Gasteiger partial charge in [0.1, 0.15) is 0 Å². The van der Waals surface area contributed by atoms with Crippen molar-refractivity contribution >= 4 is 5.97 Å². The fourth-order valence-electron chi connectivity index (χ4n) is 4.38. The van der Waals surface area contributed by atoms with Crippen molar-refractivity contribution in [3.8, 4) is 0 Å². The minimum absolute atomic E-state index is 0.0191. The molecule has 1 aliphatic rings. The summed E-state index contributed by atoms with van der Waals surface area (Å²) in [4.78, 5) is 16.6. The van der Waals surface area contributed by atoms with Gasteiger partial charge in [0.2, 0.25) is 0 Å². The van der Waals surface area contributed by atoms with Crippen LogP contribution in [0.1, 0.15) is 80.1 Å². The van der Waals surface area contributed by atoms with Crippen LogP contribution in [0.2, 0.25) is 0 Å². The summed E-state index contributed by atoms with van der Waals surface area (Å²) in [5.41, 5.74) is -0.606. The van der Waals surface area contributed by atoms with Crippen molar-refractivity contribution < 1.29 is 14.9 Å². The Balaban J connectivity index is 3.14. The molecule has 0 aliphatic carbocycles. The van der Waals surface area contributed by atoms with Gasteiger partial charge >= 0.3 is 5.97 Å². The molecule has 0 spiro atoms. The monoisotopic (exact) mass is 299 g/mol. The molecule has 0 aromatic rings. The fraction of sp³-hybridized carbons (Fsp3) is 0.941. The van der Waals surface area contributed by atoms with Crippen LogP contribution in [0.25, 0.3) is 0 Å². The Morgan fingerprint density at radius 3 is 2.14 bits per heavy atom. The number of rotatable bonds is 6. The highest BCUT2D eigenvalue weighted by Gasteiger charge is 2.51. The summed E-state index contributed by atoms with van der Waals surface area (Å²) in [5.74, 6) is -0.225. The van der Waals surface area contributed by atoms with Crippen LogP contribution in [0.5, 0.6) is 0 Å². The van der Waals surface area contributed by atoms with Crippen molar-refractivity contribution in [3.05, 3.63) is 0 Å². The average Bonchev–Trinajstić information content (AvgIpc) is 2.36. The second kappa shape index (κ2) is 6.66. The van der Waals surface area contributed by atoms with Crippen LogP contribution in [-0.4, -0.2) is 22.3 Å². The van der Waals surface area contributed by atoms with Crippen molar-refractivity contribution in [2.75, 3.05) is 0 Å². The van der Waals surface area contributed by atoms with E-state index in [2.05, 4.69) is 44.8 Å². The van der Waals surface area contributed by atoms with Crippen LogP contribution in [0.3, 0.4) is 0 Å². The molecule has 124 valence electrons. The SMILES string of the molecule is CCCCC(CC)(C(=O)OO)C1CC(C)(C)NC(C)(C)C1. The molecular formula is C17H33NO3. The lowest BCUT2D eigenvalue weighted by atomic mass is 9.60. The molecule has 0 amide bonds. The predicted molar refractivity (Wildman–Crippen MR) is 85.0 cm³/mol. The van der Waals surface area contributed by atoms with Gasteiger partial charge in [-0.25, -0.2) is 4.79 Å². The third-order valence-electron chi connectivity index (χ3n) is 5.07. The summed E-state index contributed by atoms with van der Waals surface area (Å²) in [5, 5.41) is 12.7. The highest BCUT2D eigenvalue weighted by Crippen LogP contribution is 2.48. The van der Waals surface area contributed by atoms with E-state index in [0.29, 0.717) is 6.42 Å². The molecule has 0 saturated carbocycles. The van der Waals surface area contributed by atoms with Gasteiger partial charge in [0.15, 0.2) is 0 Å². The first-order chi connectivity index (χ1) is 9.62. The third kappa shape index (κ3) is 4.19. The van der Waals surface area contributed by atoms with Crippen molar-refractivity contribution in [1.29, 1.82) is 0 Å². The van der Waals surface area contributed by atoms with Gasteiger partial charge in [-0.2, -0.15) is 5.26 Å². The molecule has 0 radical (unpaired) electrons. The maximum Gasteiger partial charge on any atom is 0.348 e. The Hall–Kier alpha value is -0.610. The Morgan fingerprint density at radius 1 is 1.24 bits per heavy atom. The minimum atomic E-state index is -0.568. The number of carbonyl (C=O) groups is 1. The van der Waals surface area contributed by atoms with Crippen LogP contribution in [0.15, 0.2) is 0 Å². The molecule has 21 heavy (non-hydrogen) atoms. The van der Waals surface area contributed by atoms with Crippen LogP contribution in [0.4, 0.5) is 0 Å². The van der Waals surface area contributed by atoms with E-state index < -0.39 is 11.4 Å². The van der Waals surface area contributed by atoms with Crippen molar-refractivity contribution in [2.24, 2.45) is 11.3 Å². The standard InChI is InChI=1S/C17H33NO3/c1-7-9-10-17(8-2,14(19)21-20)13-11-15(3,4)18-16(5,6)12-13/h13,18,20H,7-12H2,1-6H3. The maximum absolute atomic E-state index is 12.4. The lowest BCUT2D eigenvalue weighted by molar-refractivity contribution is -0.250. The van der Waals surface area contributed by atoms with Crippen LogP contribution < -0.4 is 5.32 Å². The highest BCUT2D eigenvalue weighted by atomic mass is 17.1. The summed E-state index contributed by atoms with van der Waals surface area (Å²) in [6.07, 6.45) is 5.36. The average molecular weight is 299 g/mol. The summed E-state index contributed by atoms with van der Waals surface area (Å²) < 4.78 is 0. The second-order valence-electron chi connectivity index (χ2n) is 7.99. The Labute approximate surface area is 129 Å². The largest absolute Gasteiger partial charge is 0.348 e. The molecule has 1 unspecified atom stereocenters. The Kier molecular flexibility index (Phi) is 5.84. The first kappa shape index (κ1) is 18.4. The lowest BCUT2D eigenvalue weighted by Gasteiger charge is -2.51. The van der Waals surface area contributed by atoms with Crippen molar-refractivity contribution in [3.63, 3.8) is 0 Å². The third-order valence-corrected chi connectivity index (χ3v) is 5.07. The molecule has 0 aromatic heterocycles. The summed E-state index contributed by atoms with van der Waals surface area (Å²) in [6, 6.07) is 0. The zero-order chi connectivity index (χ0) is 16.3. The number of carbonyl (C=O) groups excluding carboxylic acids is 1. The number of unbranched alkanes of at least 4 members (excludes halogenated alkanes) is 1. The van der Waals surface area contributed by atoms with Crippen LogP contribution >= 0.6 is 0 Å². The van der Waals surface area contributed by atoms with E-state index in [1.54, 1.807) is 0 Å². The molecule has 1 fully saturated rings. The van der Waals surface area contributed by atoms with Gasteiger partial charge < -0.3 is 10.2 Å². The number of hydrogen-bond acceptors (Lipinski definition) is 4. The molecule has 1 saturated heterocycles. The van der Waals surface area contributed by atoms with Gasteiger partial charge in [-0.1, -0.05) is 26.7 Å². The molecule has 4 nitrogen and oxygen atoms in total. The van der Waals surface area contributed by atoms with E-state index in [0.717, 1.165) is 32.1 Å². The van der Waals surface area contributed by atoms with Gasteiger partial charge in [0.25, 0.3) is 0 Å². The lowest BCUT2D eigenvalue weighted by Crippen LogP contribution is -2.61. The van der Waals surface area contributed by atoms with E-state index in [9.17, 15) is 4.79 Å². The van der Waals surface area contributed by atoms with Crippen molar-refractivity contribution in [2.45, 2.75) is 91.1 Å². The molecular weight excluding hydrogens is 266 g/mol. The van der Waals surface area contributed by atoms with Crippen LogP contribution in [0, 0.1) is 11.3 Å². The topological polar surface area (TPSA) is 58.6 Å². The zero-order valence-electron chi connectivity index (χ0n) is 14.6. The summed E-state index contributed by atoms with van der Waals surface area (Å²) in [7, 11) is 0. The fourth-order valence-corrected chi connectivity index (χ4v) is 4.38.